The largest absolute Gasteiger partial charge is 0.457 e. The lowest BCUT2D eigenvalue weighted by molar-refractivity contribution is 0.483. The monoisotopic (exact) mass is 279 g/mol. The van der Waals surface area contributed by atoms with E-state index < -0.39 is 0 Å². The van der Waals surface area contributed by atoms with Gasteiger partial charge in [0.1, 0.15) is 17.6 Å². The van der Waals surface area contributed by atoms with Gasteiger partial charge in [0.15, 0.2) is 5.84 Å². The summed E-state index contributed by atoms with van der Waals surface area (Å²) in [6, 6.07) is 18.2. The van der Waals surface area contributed by atoms with Gasteiger partial charge in [0.25, 0.3) is 0 Å². The van der Waals surface area contributed by atoms with Gasteiger partial charge in [-0.3, -0.25) is 10.8 Å². The lowest BCUT2D eigenvalue weighted by Crippen LogP contribution is -2.21. The van der Waals surface area contributed by atoms with E-state index >= 15 is 0 Å². The number of benzene rings is 2. The number of nitrogens with one attached hydrogen (secondary N) is 2. The molecule has 0 saturated heterocycles. The molecule has 21 heavy (non-hydrogen) atoms. The second kappa shape index (κ2) is 6.73. The number of anilines is 1. The zero-order valence-corrected chi connectivity index (χ0v) is 11.1. The Morgan fingerprint density at radius 3 is 2.29 bits per heavy atom. The summed E-state index contributed by atoms with van der Waals surface area (Å²) in [4.78, 5) is 0. The van der Waals surface area contributed by atoms with Crippen molar-refractivity contribution in [3.05, 3.63) is 54.6 Å². The number of hydrogen-bond acceptors (Lipinski definition) is 5. The molecule has 2 aromatic rings. The molecule has 6 nitrogen and oxygen atoms in total. The van der Waals surface area contributed by atoms with E-state index in [9.17, 15) is 0 Å². The molecule has 2 aromatic carbocycles. The molecule has 0 aliphatic heterocycles. The third kappa shape index (κ3) is 4.08. The molecule has 0 bridgehead atoms. The molecule has 2 rings (SSSR count). The van der Waals surface area contributed by atoms with Gasteiger partial charge in [-0.1, -0.05) is 18.2 Å². The van der Waals surface area contributed by atoms with Crippen LogP contribution < -0.4 is 15.9 Å². The molecule has 4 N–H and O–H groups in total. The van der Waals surface area contributed by atoms with Crippen LogP contribution in [0.15, 0.2) is 59.7 Å². The predicted molar refractivity (Wildman–Crippen MR) is 81.5 cm³/mol. The van der Waals surface area contributed by atoms with E-state index in [4.69, 9.17) is 21.1 Å². The molecular weight excluding hydrogens is 266 g/mol. The highest BCUT2D eigenvalue weighted by Crippen LogP contribution is 2.22. The number of nitrogens with zero attached hydrogens (tertiary/aromatic N) is 2. The first-order valence-electron chi connectivity index (χ1n) is 6.10. The van der Waals surface area contributed by atoms with Crippen molar-refractivity contribution in [3.8, 4) is 17.6 Å². The van der Waals surface area contributed by atoms with Gasteiger partial charge in [0.2, 0.25) is 5.71 Å². The standard InChI is InChI=1S/C15H13N5O/c16-10-14(15(17)18)20-19-11-6-8-13(9-7-11)21-12-4-2-1-3-5-12/h1-9,19H,(H3,17,18)/b20-14+. The Labute approximate surface area is 122 Å². The summed E-state index contributed by atoms with van der Waals surface area (Å²) in [5.74, 6) is 1.05. The van der Waals surface area contributed by atoms with Crippen LogP contribution in [0.25, 0.3) is 0 Å². The summed E-state index contributed by atoms with van der Waals surface area (Å²) in [6.07, 6.45) is 0. The third-order valence-corrected chi connectivity index (χ3v) is 2.49. The SMILES string of the molecule is N#C/C(=N\Nc1ccc(Oc2ccccc2)cc1)C(=N)N. The lowest BCUT2D eigenvalue weighted by Gasteiger charge is -2.06. The highest BCUT2D eigenvalue weighted by Gasteiger charge is 2.01. The van der Waals surface area contributed by atoms with Crippen LogP contribution >= 0.6 is 0 Å². The van der Waals surface area contributed by atoms with Crippen molar-refractivity contribution in [2.24, 2.45) is 10.8 Å². The first-order valence-corrected chi connectivity index (χ1v) is 6.10. The number of ether oxygens (including phenoxy) is 1. The Hall–Kier alpha value is -3.33. The van der Waals surface area contributed by atoms with Crippen molar-refractivity contribution in [2.45, 2.75) is 0 Å². The quantitative estimate of drug-likeness (QED) is 0.444. The van der Waals surface area contributed by atoms with Gasteiger partial charge in [-0.25, -0.2) is 0 Å². The Morgan fingerprint density at radius 2 is 1.71 bits per heavy atom. The molecule has 0 heterocycles. The van der Waals surface area contributed by atoms with E-state index in [1.165, 1.54) is 0 Å². The van der Waals surface area contributed by atoms with Crippen molar-refractivity contribution >= 4 is 17.2 Å². The zero-order valence-electron chi connectivity index (χ0n) is 11.1. The average Bonchev–Trinajstić information content (AvgIpc) is 2.50. The minimum absolute atomic E-state index is 0.167. The van der Waals surface area contributed by atoms with E-state index in [1.54, 1.807) is 30.3 Å². The van der Waals surface area contributed by atoms with Gasteiger partial charge in [-0.05, 0) is 36.4 Å². The van der Waals surface area contributed by atoms with Crippen molar-refractivity contribution < 1.29 is 4.74 Å². The molecule has 0 aliphatic carbocycles. The van der Waals surface area contributed by atoms with Crippen molar-refractivity contribution in [1.29, 1.82) is 10.7 Å². The van der Waals surface area contributed by atoms with Crippen LogP contribution in [0, 0.1) is 16.7 Å². The Bertz CT molecular complexity index is 686. The molecule has 0 saturated carbocycles. The molecule has 104 valence electrons. The van der Waals surface area contributed by atoms with E-state index in [0.29, 0.717) is 11.4 Å². The maximum Gasteiger partial charge on any atom is 0.201 e. The predicted octanol–water partition coefficient (Wildman–Crippen LogP) is 2.71. The summed E-state index contributed by atoms with van der Waals surface area (Å²) in [6.45, 7) is 0. The molecule has 0 aliphatic rings. The first-order chi connectivity index (χ1) is 10.2. The van der Waals surface area contributed by atoms with Crippen LogP contribution in [-0.2, 0) is 0 Å². The van der Waals surface area contributed by atoms with Gasteiger partial charge in [0.05, 0.1) is 5.69 Å². The van der Waals surface area contributed by atoms with Crippen molar-refractivity contribution in [1.82, 2.24) is 0 Å². The number of hydrazone groups is 1. The summed E-state index contributed by atoms with van der Waals surface area (Å²) >= 11 is 0. The van der Waals surface area contributed by atoms with Gasteiger partial charge >= 0.3 is 0 Å². The van der Waals surface area contributed by atoms with Crippen LogP contribution in [0.4, 0.5) is 5.69 Å². The lowest BCUT2D eigenvalue weighted by atomic mass is 10.3. The number of hydrogen-bond donors (Lipinski definition) is 3. The number of rotatable bonds is 5. The maximum absolute atomic E-state index is 8.72. The van der Waals surface area contributed by atoms with Crippen molar-refractivity contribution in [2.75, 3.05) is 5.43 Å². The smallest absolute Gasteiger partial charge is 0.201 e. The minimum atomic E-state index is -0.381. The minimum Gasteiger partial charge on any atom is -0.457 e. The van der Waals surface area contributed by atoms with Gasteiger partial charge < -0.3 is 10.5 Å². The molecular formula is C15H13N5O. The second-order valence-corrected chi connectivity index (χ2v) is 4.04. The Kier molecular flexibility index (Phi) is 4.51. The van der Waals surface area contributed by atoms with Crippen molar-refractivity contribution in [3.63, 3.8) is 0 Å². The van der Waals surface area contributed by atoms with Crippen LogP contribution in [0.1, 0.15) is 0 Å². The molecule has 0 fully saturated rings. The molecule has 0 unspecified atom stereocenters. The molecule has 0 spiro atoms. The molecule has 0 radical (unpaired) electrons. The number of para-hydroxylation sites is 1. The number of amidine groups is 1. The summed E-state index contributed by atoms with van der Waals surface area (Å²) < 4.78 is 5.65. The topological polar surface area (TPSA) is 107 Å². The highest BCUT2D eigenvalue weighted by molar-refractivity contribution is 6.45. The second-order valence-electron chi connectivity index (χ2n) is 4.04. The van der Waals surface area contributed by atoms with Gasteiger partial charge in [-0.2, -0.15) is 10.4 Å². The third-order valence-electron chi connectivity index (χ3n) is 2.49. The number of nitriles is 1. The Morgan fingerprint density at radius 1 is 1.10 bits per heavy atom. The van der Waals surface area contributed by atoms with Crippen LogP contribution in [0.2, 0.25) is 0 Å². The maximum atomic E-state index is 8.72. The van der Waals surface area contributed by atoms with Crippen LogP contribution in [-0.4, -0.2) is 11.5 Å². The number of nitrogens with two attached hydrogens (primary N) is 1. The summed E-state index contributed by atoms with van der Waals surface area (Å²) in [5.41, 5.74) is 8.34. The van der Waals surface area contributed by atoms with E-state index in [1.807, 2.05) is 30.3 Å². The fraction of sp³-hybridized carbons (Fsp3) is 0. The normalized spacial score (nSPS) is 10.5. The molecule has 0 amide bonds. The van der Waals surface area contributed by atoms with E-state index in [-0.39, 0.29) is 11.5 Å². The van der Waals surface area contributed by atoms with Crippen LogP contribution in [0.5, 0.6) is 11.5 Å². The van der Waals surface area contributed by atoms with E-state index in [0.717, 1.165) is 5.75 Å². The first kappa shape index (κ1) is 14.1. The van der Waals surface area contributed by atoms with E-state index in [2.05, 4.69) is 10.5 Å². The molecule has 6 heteroatoms. The molecule has 0 aromatic heterocycles. The fourth-order valence-corrected chi connectivity index (χ4v) is 1.49. The molecule has 0 atom stereocenters. The fourth-order valence-electron chi connectivity index (χ4n) is 1.49. The average molecular weight is 279 g/mol. The van der Waals surface area contributed by atoms with Gasteiger partial charge in [0, 0.05) is 0 Å². The summed E-state index contributed by atoms with van der Waals surface area (Å²) in [7, 11) is 0. The Balaban J connectivity index is 2.03. The highest BCUT2D eigenvalue weighted by atomic mass is 16.5. The van der Waals surface area contributed by atoms with Crippen LogP contribution in [0.3, 0.4) is 0 Å². The zero-order chi connectivity index (χ0) is 15.1. The van der Waals surface area contributed by atoms with Gasteiger partial charge in [-0.15, -0.1) is 0 Å². The summed E-state index contributed by atoms with van der Waals surface area (Å²) in [5, 5.41) is 19.6.